The van der Waals surface area contributed by atoms with Crippen molar-refractivity contribution >= 4 is 34.5 Å². The van der Waals surface area contributed by atoms with E-state index in [0.717, 1.165) is 28.5 Å². The molecule has 3 heteroatoms. The van der Waals surface area contributed by atoms with E-state index < -0.39 is 0 Å². The Bertz CT molecular complexity index is 773. The van der Waals surface area contributed by atoms with Crippen molar-refractivity contribution in [2.24, 2.45) is 0 Å². The summed E-state index contributed by atoms with van der Waals surface area (Å²) < 4.78 is 0. The van der Waals surface area contributed by atoms with Gasteiger partial charge in [-0.25, -0.2) is 0 Å². The quantitative estimate of drug-likeness (QED) is 0.336. The van der Waals surface area contributed by atoms with Gasteiger partial charge in [-0.2, -0.15) is 0 Å². The molecule has 0 fully saturated rings. The Morgan fingerprint density at radius 2 is 1.36 bits per heavy atom. The second-order valence-electron chi connectivity index (χ2n) is 5.90. The van der Waals surface area contributed by atoms with Gasteiger partial charge in [0.25, 0.3) is 0 Å². The highest BCUT2D eigenvalue weighted by atomic mass is 32.2. The topological polar surface area (TPSA) is 24.1 Å². The van der Waals surface area contributed by atoms with Gasteiger partial charge in [0, 0.05) is 22.0 Å². The summed E-state index contributed by atoms with van der Waals surface area (Å²) in [5.41, 5.74) is 4.49. The van der Waals surface area contributed by atoms with Gasteiger partial charge in [0.1, 0.15) is 0 Å². The average Bonchev–Trinajstić information content (AvgIpc) is 2.66. The minimum absolute atomic E-state index is 1.11. The van der Waals surface area contributed by atoms with Crippen LogP contribution in [-0.4, -0.2) is 5.75 Å². The van der Waals surface area contributed by atoms with Crippen LogP contribution in [0.1, 0.15) is 19.8 Å². The number of unbranched alkanes of at least 4 members (excludes halogenated alkanes) is 1. The molecule has 0 radical (unpaired) electrons. The van der Waals surface area contributed by atoms with Crippen LogP contribution in [0.3, 0.4) is 0 Å². The van der Waals surface area contributed by atoms with Crippen molar-refractivity contribution < 1.29 is 0 Å². The summed E-state index contributed by atoms with van der Waals surface area (Å²) in [6.45, 7) is 2.23. The molecule has 0 spiro atoms. The van der Waals surface area contributed by atoms with Crippen molar-refractivity contribution in [3.8, 4) is 0 Å². The molecule has 0 atom stereocenters. The summed E-state index contributed by atoms with van der Waals surface area (Å²) in [5, 5.41) is 7.03. The molecule has 128 valence electrons. The Hall–Kier alpha value is -2.39. The Morgan fingerprint density at radius 3 is 2.00 bits per heavy atom. The largest absolute Gasteiger partial charge is 0.355 e. The number of hydrogen-bond donors (Lipinski definition) is 2. The fourth-order valence-corrected chi connectivity index (χ4v) is 3.65. The summed E-state index contributed by atoms with van der Waals surface area (Å²) >= 11 is 1.91. The molecular weight excluding hydrogens is 324 g/mol. The number of hydrogen-bond acceptors (Lipinski definition) is 3. The van der Waals surface area contributed by atoms with Crippen LogP contribution in [0.15, 0.2) is 83.8 Å². The molecule has 0 aliphatic rings. The van der Waals surface area contributed by atoms with E-state index in [9.17, 15) is 0 Å². The van der Waals surface area contributed by atoms with E-state index in [-0.39, 0.29) is 0 Å². The second-order valence-corrected chi connectivity index (χ2v) is 7.03. The zero-order chi connectivity index (χ0) is 17.3. The highest BCUT2D eigenvalue weighted by molar-refractivity contribution is 7.99. The molecule has 0 aromatic heterocycles. The molecule has 0 saturated carbocycles. The zero-order valence-electron chi connectivity index (χ0n) is 14.5. The monoisotopic (exact) mass is 348 g/mol. The van der Waals surface area contributed by atoms with Gasteiger partial charge in [0.2, 0.25) is 0 Å². The predicted octanol–water partition coefficient (Wildman–Crippen LogP) is 7.07. The summed E-state index contributed by atoms with van der Waals surface area (Å²) in [6, 6.07) is 27.1. The van der Waals surface area contributed by atoms with Crippen molar-refractivity contribution in [1.29, 1.82) is 0 Å². The fraction of sp³-hybridized carbons (Fsp3) is 0.182. The molecular formula is C22H24N2S. The number of nitrogens with one attached hydrogen (secondary N) is 2. The van der Waals surface area contributed by atoms with Crippen molar-refractivity contribution in [3.63, 3.8) is 0 Å². The lowest BCUT2D eigenvalue weighted by Crippen LogP contribution is -1.96. The van der Waals surface area contributed by atoms with Crippen LogP contribution < -0.4 is 10.6 Å². The molecule has 2 nitrogen and oxygen atoms in total. The molecule has 0 bridgehead atoms. The molecule has 0 amide bonds. The van der Waals surface area contributed by atoms with Crippen LogP contribution in [0, 0.1) is 0 Å². The van der Waals surface area contributed by atoms with E-state index in [2.05, 4.69) is 72.2 Å². The summed E-state index contributed by atoms with van der Waals surface area (Å²) in [4.78, 5) is 1.28. The molecule has 2 N–H and O–H groups in total. The first-order valence-electron chi connectivity index (χ1n) is 8.76. The predicted molar refractivity (Wildman–Crippen MR) is 112 cm³/mol. The van der Waals surface area contributed by atoms with Gasteiger partial charge < -0.3 is 10.6 Å². The summed E-state index contributed by atoms with van der Waals surface area (Å²) in [6.07, 6.45) is 2.45. The van der Waals surface area contributed by atoms with E-state index in [0.29, 0.717) is 0 Å². The first kappa shape index (κ1) is 17.4. The molecule has 25 heavy (non-hydrogen) atoms. The van der Waals surface area contributed by atoms with Crippen molar-refractivity contribution in [2.45, 2.75) is 24.7 Å². The minimum Gasteiger partial charge on any atom is -0.355 e. The maximum absolute atomic E-state index is 3.54. The van der Waals surface area contributed by atoms with Gasteiger partial charge in [-0.3, -0.25) is 0 Å². The lowest BCUT2D eigenvalue weighted by atomic mass is 10.2. The fourth-order valence-electron chi connectivity index (χ4n) is 2.51. The van der Waals surface area contributed by atoms with Gasteiger partial charge >= 0.3 is 0 Å². The molecule has 0 heterocycles. The molecule has 0 aliphatic heterocycles. The Labute approximate surface area is 154 Å². The second kappa shape index (κ2) is 9.19. The number of benzene rings is 3. The smallest absolute Gasteiger partial charge is 0.0523 e. The first-order chi connectivity index (χ1) is 12.3. The van der Waals surface area contributed by atoms with Gasteiger partial charge in [0.15, 0.2) is 0 Å². The van der Waals surface area contributed by atoms with Gasteiger partial charge in [-0.1, -0.05) is 49.7 Å². The van der Waals surface area contributed by atoms with Crippen LogP contribution in [0.25, 0.3) is 0 Å². The van der Waals surface area contributed by atoms with Crippen LogP contribution in [0.5, 0.6) is 0 Å². The van der Waals surface area contributed by atoms with Crippen LogP contribution in [0.4, 0.5) is 22.7 Å². The molecule has 3 rings (SSSR count). The Morgan fingerprint density at radius 1 is 0.720 bits per heavy atom. The van der Waals surface area contributed by atoms with E-state index >= 15 is 0 Å². The van der Waals surface area contributed by atoms with E-state index in [1.54, 1.807) is 0 Å². The maximum atomic E-state index is 3.54. The minimum atomic E-state index is 1.11. The molecule has 0 saturated heterocycles. The third-order valence-electron chi connectivity index (χ3n) is 3.85. The number of rotatable bonds is 8. The standard InChI is InChI=1S/C22H24N2S/c1-2-3-16-25-22-17-20(23-18-10-6-4-7-11-18)14-15-21(22)24-19-12-8-5-9-13-19/h4-15,17,23-24H,2-3,16H2,1H3. The van der Waals surface area contributed by atoms with Crippen LogP contribution in [0.2, 0.25) is 0 Å². The molecule has 0 aliphatic carbocycles. The highest BCUT2D eigenvalue weighted by Crippen LogP contribution is 2.33. The molecule has 3 aromatic carbocycles. The third-order valence-corrected chi connectivity index (χ3v) is 4.99. The SMILES string of the molecule is CCCCSc1cc(Nc2ccccc2)ccc1Nc1ccccc1. The third kappa shape index (κ3) is 5.30. The average molecular weight is 349 g/mol. The van der Waals surface area contributed by atoms with Crippen molar-refractivity contribution in [1.82, 2.24) is 0 Å². The normalized spacial score (nSPS) is 10.4. The lowest BCUT2D eigenvalue weighted by molar-refractivity contribution is 0.896. The summed E-state index contributed by atoms with van der Waals surface area (Å²) in [7, 11) is 0. The van der Waals surface area contributed by atoms with E-state index in [1.165, 1.54) is 17.7 Å². The van der Waals surface area contributed by atoms with Gasteiger partial charge in [-0.05, 0) is 54.6 Å². The van der Waals surface area contributed by atoms with Crippen molar-refractivity contribution in [3.05, 3.63) is 78.9 Å². The maximum Gasteiger partial charge on any atom is 0.0523 e. The van der Waals surface area contributed by atoms with Crippen LogP contribution >= 0.6 is 11.8 Å². The Kier molecular flexibility index (Phi) is 6.41. The number of anilines is 4. The van der Waals surface area contributed by atoms with Gasteiger partial charge in [0.05, 0.1) is 5.69 Å². The molecule has 3 aromatic rings. The Balaban J connectivity index is 1.81. The van der Waals surface area contributed by atoms with Gasteiger partial charge in [-0.15, -0.1) is 11.8 Å². The molecule has 0 unspecified atom stereocenters. The van der Waals surface area contributed by atoms with E-state index in [1.807, 2.05) is 36.0 Å². The van der Waals surface area contributed by atoms with Crippen LogP contribution in [-0.2, 0) is 0 Å². The number of para-hydroxylation sites is 2. The highest BCUT2D eigenvalue weighted by Gasteiger charge is 2.06. The number of thioether (sulfide) groups is 1. The zero-order valence-corrected chi connectivity index (χ0v) is 15.4. The van der Waals surface area contributed by atoms with E-state index in [4.69, 9.17) is 0 Å². The van der Waals surface area contributed by atoms with Crippen molar-refractivity contribution in [2.75, 3.05) is 16.4 Å². The first-order valence-corrected chi connectivity index (χ1v) is 9.74. The lowest BCUT2D eigenvalue weighted by Gasteiger charge is -2.15. The summed E-state index contributed by atoms with van der Waals surface area (Å²) in [5.74, 6) is 1.13.